The Kier molecular flexibility index (Phi) is 7.15. The van der Waals surface area contributed by atoms with Crippen LogP contribution in [0, 0.1) is 31.0 Å². The van der Waals surface area contributed by atoms with Crippen molar-refractivity contribution in [2.45, 2.75) is 57.1 Å². The quantitative estimate of drug-likeness (QED) is 0.333. The van der Waals surface area contributed by atoms with Crippen LogP contribution in [0.4, 0.5) is 10.1 Å². The Morgan fingerprint density at radius 3 is 2.76 bits per heavy atom. The number of aryl methyl sites for hydroxylation is 2. The molecule has 1 fully saturated rings. The molecule has 2 aromatic heterocycles. The van der Waals surface area contributed by atoms with Crippen LogP contribution in [0.25, 0.3) is 10.2 Å². The number of halogens is 1. The second-order valence-electron chi connectivity index (χ2n) is 8.16. The molecule has 0 aliphatic heterocycles. The molecular weight excluding hydrogens is 459 g/mol. The van der Waals surface area contributed by atoms with Gasteiger partial charge in [0.15, 0.2) is 5.16 Å². The maximum atomic E-state index is 14.4. The lowest BCUT2D eigenvalue weighted by molar-refractivity contribution is -0.116. The molecule has 2 heterocycles. The summed E-state index contributed by atoms with van der Waals surface area (Å²) in [5.41, 5.74) is 1.08. The SMILES string of the molecule is Cc1sc2nc(SCC(=O)N(CCC#N)c3ccccc3F)n(C3CCCC3)c(=O)c2c1C. The Bertz CT molecular complexity index is 1290. The normalized spacial score (nSPS) is 14.0. The number of thiophene rings is 1. The van der Waals surface area contributed by atoms with Gasteiger partial charge in [0.2, 0.25) is 5.91 Å². The van der Waals surface area contributed by atoms with Gasteiger partial charge in [-0.3, -0.25) is 14.2 Å². The van der Waals surface area contributed by atoms with E-state index in [1.54, 1.807) is 16.7 Å². The van der Waals surface area contributed by atoms with Crippen molar-refractivity contribution in [3.05, 3.63) is 50.9 Å². The number of rotatable bonds is 7. The number of amides is 1. The molecule has 33 heavy (non-hydrogen) atoms. The number of nitriles is 1. The second kappa shape index (κ2) is 10.1. The minimum Gasteiger partial charge on any atom is -0.308 e. The van der Waals surface area contributed by atoms with E-state index in [4.69, 9.17) is 10.2 Å². The standard InChI is InChI=1S/C24H25FN4O2S2/c1-15-16(2)33-22-21(15)23(31)29(17-8-3-4-9-17)24(27-22)32-14-20(30)28(13-7-12-26)19-11-6-5-10-18(19)25/h5-6,10-11,17H,3-4,7-9,13-14H2,1-2H3. The summed E-state index contributed by atoms with van der Waals surface area (Å²) in [5, 5.41) is 10.2. The van der Waals surface area contributed by atoms with Gasteiger partial charge in [-0.15, -0.1) is 11.3 Å². The third kappa shape index (κ3) is 4.68. The van der Waals surface area contributed by atoms with Crippen LogP contribution >= 0.6 is 23.1 Å². The van der Waals surface area contributed by atoms with Crippen molar-refractivity contribution >= 4 is 44.9 Å². The summed E-state index contributed by atoms with van der Waals surface area (Å²) < 4.78 is 16.2. The predicted molar refractivity (Wildman–Crippen MR) is 131 cm³/mol. The Hall–Kier alpha value is -2.70. The van der Waals surface area contributed by atoms with Gasteiger partial charge >= 0.3 is 0 Å². The van der Waals surface area contributed by atoms with Crippen molar-refractivity contribution in [2.24, 2.45) is 0 Å². The number of benzene rings is 1. The number of thioether (sulfide) groups is 1. The molecule has 6 nitrogen and oxygen atoms in total. The molecule has 9 heteroatoms. The van der Waals surface area contributed by atoms with E-state index in [2.05, 4.69) is 0 Å². The van der Waals surface area contributed by atoms with Gasteiger partial charge in [-0.25, -0.2) is 9.37 Å². The Morgan fingerprint density at radius 1 is 1.33 bits per heavy atom. The first-order valence-electron chi connectivity index (χ1n) is 11.0. The van der Waals surface area contributed by atoms with Crippen molar-refractivity contribution in [3.63, 3.8) is 0 Å². The third-order valence-corrected chi connectivity index (χ3v) is 8.15. The van der Waals surface area contributed by atoms with Gasteiger partial charge in [0.1, 0.15) is 10.6 Å². The summed E-state index contributed by atoms with van der Waals surface area (Å²) in [7, 11) is 0. The van der Waals surface area contributed by atoms with Gasteiger partial charge in [0, 0.05) is 17.5 Å². The lowest BCUT2D eigenvalue weighted by Crippen LogP contribution is -2.34. The topological polar surface area (TPSA) is 79.0 Å². The maximum Gasteiger partial charge on any atom is 0.263 e. The molecule has 1 aliphatic carbocycles. The van der Waals surface area contributed by atoms with Crippen LogP contribution in [0.15, 0.2) is 34.2 Å². The van der Waals surface area contributed by atoms with Crippen LogP contribution in [0.5, 0.6) is 0 Å². The molecule has 0 N–H and O–H groups in total. The zero-order valence-electron chi connectivity index (χ0n) is 18.6. The molecule has 1 aliphatic rings. The van der Waals surface area contributed by atoms with Crippen LogP contribution in [0.3, 0.4) is 0 Å². The first kappa shape index (κ1) is 23.5. The largest absolute Gasteiger partial charge is 0.308 e. The summed E-state index contributed by atoms with van der Waals surface area (Å²) in [6.45, 7) is 4.04. The molecule has 0 atom stereocenters. The van der Waals surface area contributed by atoms with Gasteiger partial charge in [0.25, 0.3) is 5.56 Å². The van der Waals surface area contributed by atoms with Gasteiger partial charge < -0.3 is 4.90 Å². The van der Waals surface area contributed by atoms with Crippen LogP contribution in [-0.2, 0) is 4.79 Å². The molecule has 0 spiro atoms. The van der Waals surface area contributed by atoms with E-state index >= 15 is 0 Å². The molecule has 0 saturated heterocycles. The number of anilines is 1. The van der Waals surface area contributed by atoms with E-state index in [-0.39, 0.29) is 41.9 Å². The fourth-order valence-electron chi connectivity index (χ4n) is 4.29. The fraction of sp³-hybridized carbons (Fsp3) is 0.417. The first-order valence-corrected chi connectivity index (χ1v) is 12.8. The number of hydrogen-bond donors (Lipinski definition) is 0. The molecule has 1 saturated carbocycles. The average molecular weight is 485 g/mol. The van der Waals surface area contributed by atoms with Crippen molar-refractivity contribution in [1.29, 1.82) is 5.26 Å². The molecule has 0 radical (unpaired) electrons. The number of fused-ring (bicyclic) bond motifs is 1. The summed E-state index contributed by atoms with van der Waals surface area (Å²) in [6.07, 6.45) is 4.06. The second-order valence-corrected chi connectivity index (χ2v) is 10.3. The molecule has 0 bridgehead atoms. The van der Waals surface area contributed by atoms with Crippen LogP contribution in [-0.4, -0.2) is 27.8 Å². The number of aromatic nitrogens is 2. The van der Waals surface area contributed by atoms with E-state index in [1.807, 2.05) is 19.9 Å². The van der Waals surface area contributed by atoms with Crippen molar-refractivity contribution in [1.82, 2.24) is 9.55 Å². The minimum atomic E-state index is -0.513. The summed E-state index contributed by atoms with van der Waals surface area (Å²) >= 11 is 2.70. The van der Waals surface area contributed by atoms with Crippen LogP contribution < -0.4 is 10.5 Å². The minimum absolute atomic E-state index is 0.00618. The Balaban J connectivity index is 1.67. The molecular formula is C24H25FN4O2S2. The molecule has 172 valence electrons. The molecule has 3 aromatic rings. The average Bonchev–Trinajstić information content (AvgIpc) is 3.42. The predicted octanol–water partition coefficient (Wildman–Crippen LogP) is 5.37. The number of carbonyl (C=O) groups excluding carboxylic acids is 1. The zero-order valence-corrected chi connectivity index (χ0v) is 20.3. The van der Waals surface area contributed by atoms with Crippen molar-refractivity contribution in [3.8, 4) is 6.07 Å². The maximum absolute atomic E-state index is 14.4. The lowest BCUT2D eigenvalue weighted by Gasteiger charge is -2.23. The molecule has 4 rings (SSSR count). The first-order chi connectivity index (χ1) is 15.9. The van der Waals surface area contributed by atoms with Crippen LogP contribution in [0.2, 0.25) is 0 Å². The van der Waals surface area contributed by atoms with Gasteiger partial charge in [0.05, 0.1) is 29.3 Å². The Labute approximate surface area is 200 Å². The van der Waals surface area contributed by atoms with Gasteiger partial charge in [-0.2, -0.15) is 5.26 Å². The highest BCUT2D eigenvalue weighted by molar-refractivity contribution is 7.99. The van der Waals surface area contributed by atoms with Crippen molar-refractivity contribution < 1.29 is 9.18 Å². The van der Waals surface area contributed by atoms with Crippen molar-refractivity contribution in [2.75, 3.05) is 17.2 Å². The van der Waals surface area contributed by atoms with E-state index < -0.39 is 5.82 Å². The van der Waals surface area contributed by atoms with Gasteiger partial charge in [-0.1, -0.05) is 36.7 Å². The molecule has 1 amide bonds. The summed E-state index contributed by atoms with van der Waals surface area (Å²) in [5.74, 6) is -0.847. The monoisotopic (exact) mass is 484 g/mol. The van der Waals surface area contributed by atoms with Gasteiger partial charge in [-0.05, 0) is 44.4 Å². The third-order valence-electron chi connectivity index (χ3n) is 6.11. The highest BCUT2D eigenvalue weighted by Gasteiger charge is 2.26. The summed E-state index contributed by atoms with van der Waals surface area (Å²) in [4.78, 5) is 34.5. The van der Waals surface area contributed by atoms with Crippen LogP contribution in [0.1, 0.15) is 48.6 Å². The number of nitrogens with zero attached hydrogens (tertiary/aromatic N) is 4. The van der Waals surface area contributed by atoms with E-state index in [0.29, 0.717) is 15.4 Å². The fourth-order valence-corrected chi connectivity index (χ4v) is 6.30. The van der Waals surface area contributed by atoms with E-state index in [0.717, 1.165) is 36.1 Å². The number of hydrogen-bond acceptors (Lipinski definition) is 6. The zero-order chi connectivity index (χ0) is 23.5. The lowest BCUT2D eigenvalue weighted by atomic mass is 10.2. The Morgan fingerprint density at radius 2 is 2.06 bits per heavy atom. The van der Waals surface area contributed by atoms with E-state index in [1.165, 1.54) is 40.1 Å². The highest BCUT2D eigenvalue weighted by atomic mass is 32.2. The highest BCUT2D eigenvalue weighted by Crippen LogP contribution is 2.34. The number of carbonyl (C=O) groups is 1. The smallest absolute Gasteiger partial charge is 0.263 e. The number of para-hydroxylation sites is 1. The molecule has 0 unspecified atom stereocenters. The van der Waals surface area contributed by atoms with E-state index in [9.17, 15) is 14.0 Å². The summed E-state index contributed by atoms with van der Waals surface area (Å²) in [6, 6.07) is 8.14. The molecule has 1 aromatic carbocycles.